The van der Waals surface area contributed by atoms with E-state index in [-0.39, 0.29) is 5.84 Å². The largest absolute Gasteiger partial charge is 0.714 e. The van der Waals surface area contributed by atoms with E-state index >= 15 is 0 Å². The molecule has 0 atom stereocenters. The summed E-state index contributed by atoms with van der Waals surface area (Å²) in [6.07, 6.45) is 2.83. The average Bonchev–Trinajstić information content (AvgIpc) is 2.40. The van der Waals surface area contributed by atoms with Gasteiger partial charge in [0.1, 0.15) is 11.9 Å². The maximum absolute atomic E-state index is 12.2. The summed E-state index contributed by atoms with van der Waals surface area (Å²) in [4.78, 5) is 7.74. The molecule has 2 rings (SSSR count). The monoisotopic (exact) mass is 235 g/mol. The van der Waals surface area contributed by atoms with Gasteiger partial charge in [-0.05, 0) is 33.8 Å². The van der Waals surface area contributed by atoms with Crippen LogP contribution in [0.3, 0.4) is 0 Å². The van der Waals surface area contributed by atoms with Crippen LogP contribution in [-0.4, -0.2) is 36.7 Å². The number of amidine groups is 1. The van der Waals surface area contributed by atoms with Gasteiger partial charge in [0.05, 0.1) is 0 Å². The third kappa shape index (κ3) is 1.40. The van der Waals surface area contributed by atoms with Gasteiger partial charge >= 0.3 is 5.84 Å². The average molecular weight is 235 g/mol. The summed E-state index contributed by atoms with van der Waals surface area (Å²) in [5.41, 5.74) is -1.27. The highest BCUT2D eigenvalue weighted by Gasteiger charge is 2.60. The molecule has 17 heavy (non-hydrogen) atoms. The van der Waals surface area contributed by atoms with E-state index in [1.807, 2.05) is 0 Å². The third-order valence-corrected chi connectivity index (χ3v) is 3.71. The number of rotatable bonds is 1. The van der Waals surface area contributed by atoms with Crippen LogP contribution in [-0.2, 0) is 5.21 Å². The van der Waals surface area contributed by atoms with Crippen molar-refractivity contribution >= 4 is 5.84 Å². The number of hydroxylamine groups is 3. The summed E-state index contributed by atoms with van der Waals surface area (Å²) in [7, 11) is 0. The van der Waals surface area contributed by atoms with Crippen molar-refractivity contribution in [3.8, 4) is 0 Å². The van der Waals surface area contributed by atoms with E-state index in [1.54, 1.807) is 33.8 Å². The minimum absolute atomic E-state index is 0.0439. The van der Waals surface area contributed by atoms with E-state index in [9.17, 15) is 10.4 Å². The van der Waals surface area contributed by atoms with Crippen LogP contribution in [0.5, 0.6) is 0 Å². The van der Waals surface area contributed by atoms with Crippen molar-refractivity contribution in [2.45, 2.75) is 38.8 Å². The van der Waals surface area contributed by atoms with Crippen molar-refractivity contribution in [1.29, 1.82) is 0 Å². The molecule has 0 amide bonds. The van der Waals surface area contributed by atoms with Crippen molar-refractivity contribution in [2.24, 2.45) is 0 Å². The van der Waals surface area contributed by atoms with Gasteiger partial charge in [0.25, 0.3) is 0 Å². The zero-order valence-corrected chi connectivity index (χ0v) is 10.3. The fourth-order valence-corrected chi connectivity index (χ4v) is 1.74. The molecule has 0 aromatic carbocycles. The Labute approximate surface area is 99.8 Å². The van der Waals surface area contributed by atoms with Crippen molar-refractivity contribution in [2.75, 3.05) is 0 Å². The van der Waals surface area contributed by atoms with Gasteiger partial charge in [0.15, 0.2) is 11.2 Å². The van der Waals surface area contributed by atoms with E-state index in [0.29, 0.717) is 5.69 Å². The molecule has 0 unspecified atom stereocenters. The lowest BCUT2D eigenvalue weighted by Crippen LogP contribution is -2.53. The van der Waals surface area contributed by atoms with Crippen LogP contribution in [0.15, 0.2) is 18.6 Å². The summed E-state index contributed by atoms with van der Waals surface area (Å²) in [5.74, 6) is 0.0439. The van der Waals surface area contributed by atoms with Gasteiger partial charge < -0.3 is 5.21 Å². The Morgan fingerprint density at radius 3 is 2.41 bits per heavy atom. The van der Waals surface area contributed by atoms with Crippen molar-refractivity contribution in [1.82, 2.24) is 15.0 Å². The molecular weight excluding hydrogens is 220 g/mol. The topological polar surface area (TPSA) is 75.0 Å². The van der Waals surface area contributed by atoms with Gasteiger partial charge in [0, 0.05) is 11.4 Å². The minimum Gasteiger partial charge on any atom is -0.714 e. The lowest BCUT2D eigenvalue weighted by atomic mass is 9.84. The Balaban J connectivity index is 2.59. The second-order valence-corrected chi connectivity index (χ2v) is 5.13. The molecular formula is C11H15N4O2. The quantitative estimate of drug-likeness (QED) is 0.536. The van der Waals surface area contributed by atoms with Crippen LogP contribution in [0.4, 0.5) is 0 Å². The van der Waals surface area contributed by atoms with Crippen molar-refractivity contribution < 1.29 is 9.95 Å². The van der Waals surface area contributed by atoms with Crippen LogP contribution in [0.1, 0.15) is 33.4 Å². The van der Waals surface area contributed by atoms with Gasteiger partial charge in [-0.25, -0.2) is 9.97 Å². The molecule has 1 aromatic heterocycles. The van der Waals surface area contributed by atoms with Gasteiger partial charge in [0.2, 0.25) is 0 Å². The Morgan fingerprint density at radius 1 is 1.35 bits per heavy atom. The molecule has 2 heterocycles. The Bertz CT molecular complexity index is 468. The molecule has 0 aliphatic carbocycles. The number of nitrogens with zero attached hydrogens (tertiary/aromatic N) is 4. The SMILES string of the molecule is CC1(C)N([O])C(c2ccncn2)=[N+]([O-])C1(C)C. The molecule has 91 valence electrons. The number of hydrogen-bond donors (Lipinski definition) is 0. The molecule has 1 aliphatic rings. The molecule has 1 aliphatic heterocycles. The summed E-state index contributed by atoms with van der Waals surface area (Å²) in [6, 6.07) is 1.56. The van der Waals surface area contributed by atoms with Crippen molar-refractivity contribution in [3.05, 3.63) is 29.5 Å². The molecule has 0 fully saturated rings. The predicted octanol–water partition coefficient (Wildman–Crippen LogP) is 0.952. The predicted molar refractivity (Wildman–Crippen MR) is 60.5 cm³/mol. The molecule has 6 heteroatoms. The first kappa shape index (κ1) is 11.8. The minimum atomic E-state index is -0.810. The first-order valence-corrected chi connectivity index (χ1v) is 5.38. The van der Waals surface area contributed by atoms with E-state index in [2.05, 4.69) is 9.97 Å². The Morgan fingerprint density at radius 2 is 2.00 bits per heavy atom. The molecule has 0 bridgehead atoms. The van der Waals surface area contributed by atoms with E-state index in [0.717, 1.165) is 9.80 Å². The number of hydrogen-bond acceptors (Lipinski definition) is 4. The molecule has 0 N–H and O–H groups in total. The number of aromatic nitrogens is 2. The first-order valence-electron chi connectivity index (χ1n) is 5.38. The second kappa shape index (κ2) is 3.40. The molecule has 1 radical (unpaired) electrons. The Hall–Kier alpha value is -1.69. The fourth-order valence-electron chi connectivity index (χ4n) is 1.74. The second-order valence-electron chi connectivity index (χ2n) is 5.13. The molecule has 0 saturated carbocycles. The normalized spacial score (nSPS) is 22.1. The third-order valence-electron chi connectivity index (χ3n) is 3.71. The summed E-state index contributed by atoms with van der Waals surface area (Å²) < 4.78 is 0.738. The summed E-state index contributed by atoms with van der Waals surface area (Å²) >= 11 is 0. The lowest BCUT2D eigenvalue weighted by Gasteiger charge is -2.32. The highest BCUT2D eigenvalue weighted by atomic mass is 16.5. The van der Waals surface area contributed by atoms with Gasteiger partial charge in [-0.1, -0.05) is 5.06 Å². The molecule has 6 nitrogen and oxygen atoms in total. The maximum Gasteiger partial charge on any atom is 0.335 e. The van der Waals surface area contributed by atoms with Gasteiger partial charge in [-0.15, -0.1) is 0 Å². The molecule has 1 aromatic rings. The van der Waals surface area contributed by atoms with E-state index < -0.39 is 11.1 Å². The van der Waals surface area contributed by atoms with Crippen LogP contribution in [0, 0.1) is 5.21 Å². The van der Waals surface area contributed by atoms with Crippen LogP contribution in [0.25, 0.3) is 0 Å². The molecule has 0 saturated heterocycles. The fraction of sp³-hybridized carbons (Fsp3) is 0.545. The summed E-state index contributed by atoms with van der Waals surface area (Å²) in [6.45, 7) is 7.00. The molecule has 0 spiro atoms. The zero-order valence-electron chi connectivity index (χ0n) is 10.3. The van der Waals surface area contributed by atoms with Crippen LogP contribution >= 0.6 is 0 Å². The van der Waals surface area contributed by atoms with Gasteiger partial charge in [-0.3, -0.25) is 4.74 Å². The summed E-state index contributed by atoms with van der Waals surface area (Å²) in [5, 5.41) is 25.2. The zero-order chi connectivity index (χ0) is 12.8. The highest BCUT2D eigenvalue weighted by Crippen LogP contribution is 2.36. The van der Waals surface area contributed by atoms with Gasteiger partial charge in [-0.2, -0.15) is 0 Å². The highest BCUT2D eigenvalue weighted by molar-refractivity contribution is 5.93. The van der Waals surface area contributed by atoms with Crippen LogP contribution < -0.4 is 0 Å². The lowest BCUT2D eigenvalue weighted by molar-refractivity contribution is -0.539. The van der Waals surface area contributed by atoms with Crippen LogP contribution in [0.2, 0.25) is 0 Å². The van der Waals surface area contributed by atoms with Crippen molar-refractivity contribution in [3.63, 3.8) is 0 Å². The first-order chi connectivity index (χ1) is 7.80. The van der Waals surface area contributed by atoms with E-state index in [1.165, 1.54) is 12.5 Å². The Kier molecular flexibility index (Phi) is 2.36. The van der Waals surface area contributed by atoms with E-state index in [4.69, 9.17) is 0 Å². The smallest absolute Gasteiger partial charge is 0.335 e. The standard InChI is InChI=1S/C11H15N4O2/c1-10(2)11(3,4)15(17)9(14(10)16)8-5-6-12-7-13-8/h5-7H,1-4H3. The maximum atomic E-state index is 12.2.